The molecule has 0 aliphatic heterocycles. The van der Waals surface area contributed by atoms with Gasteiger partial charge in [-0.15, -0.1) is 0 Å². The Balaban J connectivity index is 0.000000791. The number of aromatic nitrogens is 3. The van der Waals surface area contributed by atoms with Crippen LogP contribution in [0.4, 0.5) is 0 Å². The van der Waals surface area contributed by atoms with E-state index in [1.807, 2.05) is 13.8 Å². The third kappa shape index (κ3) is 4.37. The van der Waals surface area contributed by atoms with Gasteiger partial charge >= 0.3 is 0 Å². The first kappa shape index (κ1) is 13.1. The maximum atomic E-state index is 4.93. The lowest BCUT2D eigenvalue weighted by atomic mass is 10.2. The van der Waals surface area contributed by atoms with E-state index >= 15 is 0 Å². The van der Waals surface area contributed by atoms with Gasteiger partial charge in [0.25, 0.3) is 0 Å². The fourth-order valence-corrected chi connectivity index (χ4v) is 0.866. The number of hydrogen-bond acceptors (Lipinski definition) is 3. The summed E-state index contributed by atoms with van der Waals surface area (Å²) in [6.45, 7) is 9.61. The van der Waals surface area contributed by atoms with Gasteiger partial charge in [-0.05, 0) is 0 Å². The molecular formula is C10H21N3O. The van der Waals surface area contributed by atoms with Gasteiger partial charge in [-0.3, -0.25) is 4.68 Å². The van der Waals surface area contributed by atoms with E-state index in [4.69, 9.17) is 4.74 Å². The van der Waals surface area contributed by atoms with Crippen molar-refractivity contribution in [2.45, 2.75) is 40.2 Å². The predicted octanol–water partition coefficient (Wildman–Crippen LogP) is 2.07. The molecule has 0 atom stereocenters. The number of nitrogens with zero attached hydrogens (tertiary/aromatic N) is 3. The average Bonchev–Trinajstić information content (AvgIpc) is 2.66. The molecule has 0 aromatic carbocycles. The number of hydrogen-bond donors (Lipinski definition) is 0. The molecule has 4 nitrogen and oxygen atoms in total. The minimum Gasteiger partial charge on any atom is -0.383 e. The second kappa shape index (κ2) is 7.50. The molecule has 0 aliphatic rings. The predicted molar refractivity (Wildman–Crippen MR) is 57.3 cm³/mol. The molecule has 1 heterocycles. The highest BCUT2D eigenvalue weighted by Crippen LogP contribution is 2.06. The van der Waals surface area contributed by atoms with Crippen LogP contribution in [-0.2, 0) is 11.3 Å². The SMILES string of the molecule is CC.COCCn1cnc(C(C)C)n1. The second-order valence-corrected chi connectivity index (χ2v) is 3.01. The molecule has 4 heteroatoms. The summed E-state index contributed by atoms with van der Waals surface area (Å²) in [6, 6.07) is 0. The van der Waals surface area contributed by atoms with Crippen LogP contribution in [0, 0.1) is 0 Å². The molecule has 1 rings (SSSR count). The Morgan fingerprint density at radius 3 is 2.50 bits per heavy atom. The van der Waals surface area contributed by atoms with Gasteiger partial charge < -0.3 is 4.74 Å². The lowest BCUT2D eigenvalue weighted by Crippen LogP contribution is -2.05. The van der Waals surface area contributed by atoms with Gasteiger partial charge in [0.05, 0.1) is 13.2 Å². The van der Waals surface area contributed by atoms with Gasteiger partial charge in [-0.1, -0.05) is 27.7 Å². The van der Waals surface area contributed by atoms with Gasteiger partial charge in [-0.25, -0.2) is 4.98 Å². The Hall–Kier alpha value is -0.900. The maximum absolute atomic E-state index is 4.93. The Kier molecular flexibility index (Phi) is 7.02. The lowest BCUT2D eigenvalue weighted by Gasteiger charge is -1.98. The highest BCUT2D eigenvalue weighted by Gasteiger charge is 2.03. The van der Waals surface area contributed by atoms with Crippen molar-refractivity contribution in [2.75, 3.05) is 13.7 Å². The molecule has 0 saturated carbocycles. The van der Waals surface area contributed by atoms with Gasteiger partial charge in [0.15, 0.2) is 5.82 Å². The summed E-state index contributed by atoms with van der Waals surface area (Å²) in [6.07, 6.45) is 1.74. The van der Waals surface area contributed by atoms with E-state index in [0.717, 1.165) is 12.4 Å². The van der Waals surface area contributed by atoms with E-state index in [1.165, 1.54) is 0 Å². The number of methoxy groups -OCH3 is 1. The van der Waals surface area contributed by atoms with E-state index in [0.29, 0.717) is 12.5 Å². The molecule has 82 valence electrons. The summed E-state index contributed by atoms with van der Waals surface area (Å²) < 4.78 is 6.73. The number of ether oxygens (including phenoxy) is 1. The van der Waals surface area contributed by atoms with Crippen LogP contribution in [0.3, 0.4) is 0 Å². The molecule has 0 N–H and O–H groups in total. The standard InChI is InChI=1S/C8H15N3O.C2H6/c1-7(2)8-9-6-11(10-8)4-5-12-3;1-2/h6-7H,4-5H2,1-3H3;1-2H3. The smallest absolute Gasteiger partial charge is 0.153 e. The summed E-state index contributed by atoms with van der Waals surface area (Å²) in [7, 11) is 1.68. The highest BCUT2D eigenvalue weighted by molar-refractivity contribution is 4.88. The van der Waals surface area contributed by atoms with Crippen molar-refractivity contribution >= 4 is 0 Å². The zero-order valence-corrected chi connectivity index (χ0v) is 9.82. The van der Waals surface area contributed by atoms with E-state index < -0.39 is 0 Å². The molecule has 0 bridgehead atoms. The lowest BCUT2D eigenvalue weighted by molar-refractivity contribution is 0.183. The third-order valence-corrected chi connectivity index (χ3v) is 1.60. The van der Waals surface area contributed by atoms with E-state index in [9.17, 15) is 0 Å². The van der Waals surface area contributed by atoms with E-state index in [2.05, 4.69) is 23.9 Å². The molecule has 0 radical (unpaired) electrons. The Morgan fingerprint density at radius 1 is 1.43 bits per heavy atom. The molecule has 1 aromatic rings. The molecular weight excluding hydrogens is 178 g/mol. The topological polar surface area (TPSA) is 39.9 Å². The second-order valence-electron chi connectivity index (χ2n) is 3.01. The zero-order valence-electron chi connectivity index (χ0n) is 9.82. The average molecular weight is 199 g/mol. The molecule has 0 spiro atoms. The van der Waals surface area contributed by atoms with Crippen LogP contribution < -0.4 is 0 Å². The summed E-state index contributed by atoms with van der Waals surface area (Å²) in [5.74, 6) is 1.29. The first-order valence-corrected chi connectivity index (χ1v) is 5.12. The van der Waals surface area contributed by atoms with E-state index in [-0.39, 0.29) is 0 Å². The van der Waals surface area contributed by atoms with Gasteiger partial charge in [-0.2, -0.15) is 5.10 Å². The fourth-order valence-electron chi connectivity index (χ4n) is 0.866. The van der Waals surface area contributed by atoms with Crippen molar-refractivity contribution in [1.29, 1.82) is 0 Å². The minimum atomic E-state index is 0.397. The Bertz CT molecular complexity index is 233. The molecule has 1 aromatic heterocycles. The minimum absolute atomic E-state index is 0.397. The van der Waals surface area contributed by atoms with Crippen molar-refractivity contribution in [3.05, 3.63) is 12.2 Å². The summed E-state index contributed by atoms with van der Waals surface area (Å²) in [5, 5.41) is 4.27. The highest BCUT2D eigenvalue weighted by atomic mass is 16.5. The quantitative estimate of drug-likeness (QED) is 0.745. The van der Waals surface area contributed by atoms with Crippen molar-refractivity contribution in [1.82, 2.24) is 14.8 Å². The largest absolute Gasteiger partial charge is 0.383 e. The van der Waals surface area contributed by atoms with Crippen molar-refractivity contribution < 1.29 is 4.74 Å². The van der Waals surface area contributed by atoms with Crippen LogP contribution in [0.15, 0.2) is 6.33 Å². The normalized spacial score (nSPS) is 9.86. The first-order chi connectivity index (χ1) is 6.74. The van der Waals surface area contributed by atoms with Crippen LogP contribution >= 0.6 is 0 Å². The molecule has 0 aliphatic carbocycles. The summed E-state index contributed by atoms with van der Waals surface area (Å²) in [4.78, 5) is 4.16. The fraction of sp³-hybridized carbons (Fsp3) is 0.800. The molecule has 14 heavy (non-hydrogen) atoms. The summed E-state index contributed by atoms with van der Waals surface area (Å²) in [5.41, 5.74) is 0. The van der Waals surface area contributed by atoms with Crippen LogP contribution in [0.25, 0.3) is 0 Å². The Labute approximate surface area is 86.3 Å². The van der Waals surface area contributed by atoms with Crippen LogP contribution in [0.2, 0.25) is 0 Å². The van der Waals surface area contributed by atoms with Gasteiger partial charge in [0, 0.05) is 13.0 Å². The summed E-state index contributed by atoms with van der Waals surface area (Å²) >= 11 is 0. The molecule has 0 unspecified atom stereocenters. The van der Waals surface area contributed by atoms with Crippen LogP contribution in [0.5, 0.6) is 0 Å². The van der Waals surface area contributed by atoms with Crippen LogP contribution in [0.1, 0.15) is 39.4 Å². The monoisotopic (exact) mass is 199 g/mol. The molecule has 0 fully saturated rings. The maximum Gasteiger partial charge on any atom is 0.153 e. The molecule has 0 amide bonds. The Morgan fingerprint density at radius 2 is 2.07 bits per heavy atom. The van der Waals surface area contributed by atoms with Gasteiger partial charge in [0.2, 0.25) is 0 Å². The molecule has 0 saturated heterocycles. The van der Waals surface area contributed by atoms with Gasteiger partial charge in [0.1, 0.15) is 6.33 Å². The van der Waals surface area contributed by atoms with Crippen molar-refractivity contribution in [3.8, 4) is 0 Å². The van der Waals surface area contributed by atoms with Crippen LogP contribution in [-0.4, -0.2) is 28.5 Å². The zero-order chi connectivity index (χ0) is 11.0. The van der Waals surface area contributed by atoms with Crippen molar-refractivity contribution in [2.24, 2.45) is 0 Å². The number of rotatable bonds is 4. The first-order valence-electron chi connectivity index (χ1n) is 5.12. The van der Waals surface area contributed by atoms with E-state index in [1.54, 1.807) is 18.1 Å². The van der Waals surface area contributed by atoms with Crippen molar-refractivity contribution in [3.63, 3.8) is 0 Å². The third-order valence-electron chi connectivity index (χ3n) is 1.60.